The smallest absolute Gasteiger partial charge is 0.328 e. The number of aromatic nitrogens is 1. The first-order chi connectivity index (χ1) is 8.56. The van der Waals surface area contributed by atoms with E-state index in [0.717, 1.165) is 16.6 Å². The van der Waals surface area contributed by atoms with Crippen molar-refractivity contribution in [1.82, 2.24) is 4.57 Å². The van der Waals surface area contributed by atoms with E-state index in [2.05, 4.69) is 18.4 Å². The van der Waals surface area contributed by atoms with Gasteiger partial charge in [-0.1, -0.05) is 18.2 Å². The Hall–Kier alpha value is -1.81. The van der Waals surface area contributed by atoms with Gasteiger partial charge in [-0.15, -0.1) is 0 Å². The summed E-state index contributed by atoms with van der Waals surface area (Å²) in [5.74, 6) is -0.417. The molecule has 18 heavy (non-hydrogen) atoms. The Kier molecular flexibility index (Phi) is 3.39. The number of para-hydroxylation sites is 1. The van der Waals surface area contributed by atoms with E-state index >= 15 is 0 Å². The van der Waals surface area contributed by atoms with Crippen molar-refractivity contribution in [2.75, 3.05) is 7.11 Å². The van der Waals surface area contributed by atoms with Crippen molar-refractivity contribution >= 4 is 16.9 Å². The number of esters is 1. The van der Waals surface area contributed by atoms with Gasteiger partial charge in [0.15, 0.2) is 0 Å². The molecule has 2 rings (SSSR count). The molecule has 1 unspecified atom stereocenters. The molecule has 0 aliphatic heterocycles. The van der Waals surface area contributed by atoms with E-state index in [-0.39, 0.29) is 6.04 Å². The summed E-state index contributed by atoms with van der Waals surface area (Å²) in [6.45, 7) is 4.14. The summed E-state index contributed by atoms with van der Waals surface area (Å²) in [7, 11) is 1.35. The van der Waals surface area contributed by atoms with Crippen LogP contribution in [0.5, 0.6) is 0 Å². The molecular formula is C14H18N2O2. The Morgan fingerprint density at radius 3 is 2.61 bits per heavy atom. The van der Waals surface area contributed by atoms with Crippen molar-refractivity contribution in [2.24, 2.45) is 5.73 Å². The summed E-state index contributed by atoms with van der Waals surface area (Å²) in [4.78, 5) is 11.6. The van der Waals surface area contributed by atoms with Gasteiger partial charge in [0.2, 0.25) is 0 Å². The van der Waals surface area contributed by atoms with Crippen LogP contribution in [0.25, 0.3) is 10.9 Å². The van der Waals surface area contributed by atoms with Crippen LogP contribution in [0.2, 0.25) is 0 Å². The Bertz CT molecular complexity index is 572. The van der Waals surface area contributed by atoms with E-state index in [4.69, 9.17) is 10.5 Å². The molecule has 96 valence electrons. The summed E-state index contributed by atoms with van der Waals surface area (Å²) in [6.07, 6.45) is 0. The first-order valence-electron chi connectivity index (χ1n) is 5.99. The SMILES string of the molecule is COC(=O)C(N)c1cc2ccccc2n1C(C)C. The monoisotopic (exact) mass is 246 g/mol. The van der Waals surface area contributed by atoms with E-state index in [1.807, 2.05) is 30.3 Å². The lowest BCUT2D eigenvalue weighted by molar-refractivity contribution is -0.142. The second kappa shape index (κ2) is 4.82. The number of benzene rings is 1. The first-order valence-corrected chi connectivity index (χ1v) is 5.99. The number of nitrogens with zero attached hydrogens (tertiary/aromatic N) is 1. The van der Waals surface area contributed by atoms with Gasteiger partial charge in [0.25, 0.3) is 0 Å². The molecule has 1 aromatic heterocycles. The van der Waals surface area contributed by atoms with Crippen molar-refractivity contribution in [2.45, 2.75) is 25.9 Å². The highest BCUT2D eigenvalue weighted by molar-refractivity contribution is 5.85. The summed E-state index contributed by atoms with van der Waals surface area (Å²) in [5.41, 5.74) is 7.83. The second-order valence-corrected chi connectivity index (χ2v) is 4.59. The number of hydrogen-bond acceptors (Lipinski definition) is 3. The lowest BCUT2D eigenvalue weighted by Gasteiger charge is -2.17. The van der Waals surface area contributed by atoms with Gasteiger partial charge in [-0.2, -0.15) is 0 Å². The molecule has 0 fully saturated rings. The number of carbonyl (C=O) groups is 1. The van der Waals surface area contributed by atoms with Gasteiger partial charge in [-0.25, -0.2) is 4.79 Å². The number of carbonyl (C=O) groups excluding carboxylic acids is 1. The van der Waals surface area contributed by atoms with E-state index in [0.29, 0.717) is 0 Å². The van der Waals surface area contributed by atoms with E-state index in [1.54, 1.807) is 0 Å². The quantitative estimate of drug-likeness (QED) is 0.846. The second-order valence-electron chi connectivity index (χ2n) is 4.59. The zero-order valence-electron chi connectivity index (χ0n) is 10.9. The van der Waals surface area contributed by atoms with Crippen LogP contribution in [0.4, 0.5) is 0 Å². The highest BCUT2D eigenvalue weighted by atomic mass is 16.5. The third kappa shape index (κ3) is 1.99. The topological polar surface area (TPSA) is 57.2 Å². The van der Waals surface area contributed by atoms with Crippen molar-refractivity contribution in [3.63, 3.8) is 0 Å². The largest absolute Gasteiger partial charge is 0.468 e. The Morgan fingerprint density at radius 2 is 2.00 bits per heavy atom. The number of hydrogen-bond donors (Lipinski definition) is 1. The molecule has 0 saturated carbocycles. The number of methoxy groups -OCH3 is 1. The molecule has 0 aliphatic carbocycles. The fourth-order valence-electron chi connectivity index (χ4n) is 2.26. The van der Waals surface area contributed by atoms with Gasteiger partial charge in [0.05, 0.1) is 7.11 Å². The molecule has 1 heterocycles. The predicted octanol–water partition coefficient (Wildman–Crippen LogP) is 2.40. The minimum Gasteiger partial charge on any atom is -0.468 e. The highest BCUT2D eigenvalue weighted by Crippen LogP contribution is 2.27. The Labute approximate surface area is 106 Å². The summed E-state index contributed by atoms with van der Waals surface area (Å²) < 4.78 is 6.80. The van der Waals surface area contributed by atoms with Crippen LogP contribution in [0, 0.1) is 0 Å². The maximum absolute atomic E-state index is 11.6. The van der Waals surface area contributed by atoms with Gasteiger partial charge >= 0.3 is 5.97 Å². The first kappa shape index (κ1) is 12.6. The maximum atomic E-state index is 11.6. The van der Waals surface area contributed by atoms with Crippen molar-refractivity contribution in [3.8, 4) is 0 Å². The van der Waals surface area contributed by atoms with Gasteiger partial charge in [-0.05, 0) is 31.4 Å². The third-order valence-corrected chi connectivity index (χ3v) is 3.07. The minimum atomic E-state index is -0.746. The molecule has 0 bridgehead atoms. The zero-order valence-corrected chi connectivity index (χ0v) is 10.9. The van der Waals surface area contributed by atoms with Gasteiger partial charge in [0, 0.05) is 17.3 Å². The van der Waals surface area contributed by atoms with Crippen LogP contribution in [0.1, 0.15) is 31.6 Å². The molecule has 0 aliphatic rings. The van der Waals surface area contributed by atoms with Crippen LogP contribution in [-0.2, 0) is 9.53 Å². The molecule has 1 atom stereocenters. The number of ether oxygens (including phenoxy) is 1. The molecule has 4 nitrogen and oxygen atoms in total. The van der Waals surface area contributed by atoms with Crippen LogP contribution in [0.3, 0.4) is 0 Å². The Morgan fingerprint density at radius 1 is 1.33 bits per heavy atom. The summed E-state index contributed by atoms with van der Waals surface area (Å²) in [5, 5.41) is 1.08. The number of fused-ring (bicyclic) bond motifs is 1. The van der Waals surface area contributed by atoms with Gasteiger partial charge < -0.3 is 15.0 Å². The van der Waals surface area contributed by atoms with Crippen LogP contribution in [-0.4, -0.2) is 17.6 Å². The Balaban J connectivity index is 2.62. The summed E-state index contributed by atoms with van der Waals surface area (Å²) >= 11 is 0. The zero-order chi connectivity index (χ0) is 13.3. The van der Waals surface area contributed by atoms with Gasteiger partial charge in [0.1, 0.15) is 6.04 Å². The van der Waals surface area contributed by atoms with Gasteiger partial charge in [-0.3, -0.25) is 0 Å². The fraction of sp³-hybridized carbons (Fsp3) is 0.357. The standard InChI is InChI=1S/C14H18N2O2/c1-9(2)16-11-7-5-4-6-10(11)8-12(16)13(15)14(17)18-3/h4-9,13H,15H2,1-3H3. The molecule has 0 radical (unpaired) electrons. The lowest BCUT2D eigenvalue weighted by Crippen LogP contribution is -2.25. The lowest BCUT2D eigenvalue weighted by atomic mass is 10.2. The van der Waals surface area contributed by atoms with E-state index in [9.17, 15) is 4.79 Å². The predicted molar refractivity (Wildman–Crippen MR) is 71.3 cm³/mol. The van der Waals surface area contributed by atoms with Crippen molar-refractivity contribution < 1.29 is 9.53 Å². The molecule has 4 heteroatoms. The van der Waals surface area contributed by atoms with E-state index in [1.165, 1.54) is 7.11 Å². The average molecular weight is 246 g/mol. The molecule has 2 N–H and O–H groups in total. The fourth-order valence-corrected chi connectivity index (χ4v) is 2.26. The highest BCUT2D eigenvalue weighted by Gasteiger charge is 2.22. The van der Waals surface area contributed by atoms with Crippen LogP contribution < -0.4 is 5.73 Å². The maximum Gasteiger partial charge on any atom is 0.328 e. The molecule has 0 amide bonds. The third-order valence-electron chi connectivity index (χ3n) is 3.07. The molecular weight excluding hydrogens is 228 g/mol. The van der Waals surface area contributed by atoms with Crippen LogP contribution in [0.15, 0.2) is 30.3 Å². The molecule has 0 spiro atoms. The summed E-state index contributed by atoms with van der Waals surface area (Å²) in [6, 6.07) is 9.44. The van der Waals surface area contributed by atoms with Crippen LogP contribution >= 0.6 is 0 Å². The molecule has 0 saturated heterocycles. The molecule has 2 aromatic rings. The molecule has 1 aromatic carbocycles. The normalized spacial score (nSPS) is 12.9. The number of rotatable bonds is 3. The van der Waals surface area contributed by atoms with Crippen molar-refractivity contribution in [3.05, 3.63) is 36.0 Å². The minimum absolute atomic E-state index is 0.232. The number of nitrogens with two attached hydrogens (primary N) is 1. The van der Waals surface area contributed by atoms with Crippen molar-refractivity contribution in [1.29, 1.82) is 0 Å². The van der Waals surface area contributed by atoms with E-state index < -0.39 is 12.0 Å². The average Bonchev–Trinajstić information content (AvgIpc) is 2.76.